The lowest BCUT2D eigenvalue weighted by atomic mass is 10.2. The van der Waals surface area contributed by atoms with Gasteiger partial charge in [0.25, 0.3) is 0 Å². The fraction of sp³-hybridized carbons (Fsp3) is 0.250. The van der Waals surface area contributed by atoms with Crippen molar-refractivity contribution in [2.45, 2.75) is 6.42 Å². The molecular weight excluding hydrogens is 244 g/mol. The molecule has 0 spiro atoms. The third-order valence-corrected chi connectivity index (χ3v) is 2.50. The Morgan fingerprint density at radius 1 is 1.35 bits per heavy atom. The number of benzene rings is 1. The first kappa shape index (κ1) is 11.8. The lowest BCUT2D eigenvalue weighted by molar-refractivity contribution is 0.300. The molecule has 0 aliphatic carbocycles. The zero-order chi connectivity index (χ0) is 12.3. The molecule has 0 fully saturated rings. The first-order valence-electron chi connectivity index (χ1n) is 5.16. The van der Waals surface area contributed by atoms with E-state index in [1.807, 2.05) is 0 Å². The maximum absolute atomic E-state index is 11.1. The van der Waals surface area contributed by atoms with Crippen LogP contribution in [0.5, 0.6) is 11.5 Å². The van der Waals surface area contributed by atoms with Crippen LogP contribution in [-0.4, -0.2) is 17.6 Å². The van der Waals surface area contributed by atoms with Crippen LogP contribution < -0.4 is 10.4 Å². The summed E-state index contributed by atoms with van der Waals surface area (Å²) in [5.74, 6) is 0.793. The molecule has 0 atom stereocenters. The molecule has 0 bridgehead atoms. The molecule has 1 aromatic carbocycles. The molecule has 0 amide bonds. The van der Waals surface area contributed by atoms with Gasteiger partial charge in [-0.2, -0.15) is 0 Å². The van der Waals surface area contributed by atoms with Gasteiger partial charge in [0.05, 0.1) is 6.61 Å². The van der Waals surface area contributed by atoms with E-state index in [1.54, 1.807) is 6.07 Å². The van der Waals surface area contributed by atoms with E-state index in [4.69, 9.17) is 20.8 Å². The number of halogens is 1. The lowest BCUT2D eigenvalue weighted by Crippen LogP contribution is -1.99. The number of alkyl halides is 1. The van der Waals surface area contributed by atoms with Crippen LogP contribution in [0.4, 0.5) is 0 Å². The highest BCUT2D eigenvalue weighted by Crippen LogP contribution is 2.30. The molecule has 1 heterocycles. The summed E-state index contributed by atoms with van der Waals surface area (Å²) in [6.07, 6.45) is 0.678. The highest BCUT2D eigenvalue weighted by molar-refractivity contribution is 6.17. The Kier molecular flexibility index (Phi) is 3.54. The van der Waals surface area contributed by atoms with Crippen molar-refractivity contribution >= 4 is 22.6 Å². The Bertz CT molecular complexity index is 576. The van der Waals surface area contributed by atoms with Crippen molar-refractivity contribution in [3.63, 3.8) is 0 Å². The number of rotatable bonds is 4. The Hall–Kier alpha value is -1.68. The predicted octanol–water partition coefficient (Wildman–Crippen LogP) is 2.51. The molecule has 0 unspecified atom stereocenters. The van der Waals surface area contributed by atoms with Crippen molar-refractivity contribution in [2.24, 2.45) is 0 Å². The number of hydrogen-bond acceptors (Lipinski definition) is 4. The molecule has 5 heteroatoms. The lowest BCUT2D eigenvalue weighted by Gasteiger charge is -2.07. The molecular formula is C12H11ClO4. The molecule has 2 rings (SSSR count). The number of hydrogen-bond donors (Lipinski definition) is 1. The fourth-order valence-electron chi connectivity index (χ4n) is 1.44. The molecule has 1 aromatic heterocycles. The zero-order valence-corrected chi connectivity index (χ0v) is 9.74. The van der Waals surface area contributed by atoms with Gasteiger partial charge >= 0.3 is 5.63 Å². The summed E-state index contributed by atoms with van der Waals surface area (Å²) < 4.78 is 10.3. The Balaban J connectivity index is 2.36. The quantitative estimate of drug-likeness (QED) is 0.517. The van der Waals surface area contributed by atoms with Gasteiger partial charge in [-0.1, -0.05) is 0 Å². The minimum Gasteiger partial charge on any atom is -0.504 e. The molecule has 90 valence electrons. The average Bonchev–Trinajstić information content (AvgIpc) is 2.31. The first-order chi connectivity index (χ1) is 8.20. The molecule has 0 saturated carbocycles. The van der Waals surface area contributed by atoms with Crippen LogP contribution in [0.25, 0.3) is 11.0 Å². The number of phenols is 1. The van der Waals surface area contributed by atoms with E-state index in [0.29, 0.717) is 29.9 Å². The molecule has 2 aromatic rings. The summed E-state index contributed by atoms with van der Waals surface area (Å²) in [4.78, 5) is 11.1. The maximum atomic E-state index is 11.1. The molecule has 1 N–H and O–H groups in total. The van der Waals surface area contributed by atoms with Crippen LogP contribution in [0, 0.1) is 0 Å². The van der Waals surface area contributed by atoms with E-state index < -0.39 is 5.63 Å². The van der Waals surface area contributed by atoms with E-state index >= 15 is 0 Å². The normalized spacial score (nSPS) is 10.6. The smallest absolute Gasteiger partial charge is 0.336 e. The monoisotopic (exact) mass is 254 g/mol. The average molecular weight is 255 g/mol. The van der Waals surface area contributed by atoms with Crippen molar-refractivity contribution in [3.8, 4) is 11.5 Å². The zero-order valence-electron chi connectivity index (χ0n) is 8.98. The van der Waals surface area contributed by atoms with Gasteiger partial charge in [0.2, 0.25) is 0 Å². The number of phenolic OH excluding ortho intramolecular Hbond substituents is 1. The maximum Gasteiger partial charge on any atom is 0.336 e. The van der Waals surface area contributed by atoms with Crippen LogP contribution in [0.2, 0.25) is 0 Å². The molecule has 0 aliphatic heterocycles. The standard InChI is InChI=1S/C12H11ClO4/c13-4-1-5-16-11-7-10-8(6-9(11)14)2-3-12(15)17-10/h2-3,6-7,14H,1,4-5H2. The van der Waals surface area contributed by atoms with Crippen LogP contribution >= 0.6 is 11.6 Å². The second kappa shape index (κ2) is 5.10. The van der Waals surface area contributed by atoms with Crippen LogP contribution in [0.3, 0.4) is 0 Å². The molecule has 17 heavy (non-hydrogen) atoms. The van der Waals surface area contributed by atoms with Crippen molar-refractivity contribution in [1.29, 1.82) is 0 Å². The van der Waals surface area contributed by atoms with Gasteiger partial charge < -0.3 is 14.3 Å². The third kappa shape index (κ3) is 2.71. The third-order valence-electron chi connectivity index (χ3n) is 2.24. The van der Waals surface area contributed by atoms with E-state index in [2.05, 4.69) is 0 Å². The van der Waals surface area contributed by atoms with Gasteiger partial charge in [0.15, 0.2) is 11.5 Å². The number of fused-ring (bicyclic) bond motifs is 1. The van der Waals surface area contributed by atoms with Crippen LogP contribution in [0.15, 0.2) is 33.5 Å². The second-order valence-electron chi connectivity index (χ2n) is 3.50. The largest absolute Gasteiger partial charge is 0.504 e. The van der Waals surface area contributed by atoms with Crippen molar-refractivity contribution in [3.05, 3.63) is 34.7 Å². The summed E-state index contributed by atoms with van der Waals surface area (Å²) in [7, 11) is 0. The van der Waals surface area contributed by atoms with Gasteiger partial charge in [-0.15, -0.1) is 11.6 Å². The van der Waals surface area contributed by atoms with E-state index in [1.165, 1.54) is 18.2 Å². The highest BCUT2D eigenvalue weighted by Gasteiger charge is 2.06. The Labute approximate surface area is 102 Å². The summed E-state index contributed by atoms with van der Waals surface area (Å²) in [6, 6.07) is 5.88. The van der Waals surface area contributed by atoms with Gasteiger partial charge in [-0.3, -0.25) is 0 Å². The second-order valence-corrected chi connectivity index (χ2v) is 3.88. The topological polar surface area (TPSA) is 59.7 Å². The molecule has 0 radical (unpaired) electrons. The summed E-state index contributed by atoms with van der Waals surface area (Å²) in [5.41, 5.74) is -0.0499. The SMILES string of the molecule is O=c1ccc2cc(O)c(OCCCCl)cc2o1. The molecule has 0 aliphatic rings. The van der Waals surface area contributed by atoms with Crippen molar-refractivity contribution in [1.82, 2.24) is 0 Å². The summed E-state index contributed by atoms with van der Waals surface area (Å²) >= 11 is 5.52. The van der Waals surface area contributed by atoms with Crippen LogP contribution in [0.1, 0.15) is 6.42 Å². The molecule has 4 nitrogen and oxygen atoms in total. The first-order valence-corrected chi connectivity index (χ1v) is 5.70. The van der Waals surface area contributed by atoms with Gasteiger partial charge in [0.1, 0.15) is 5.58 Å². The van der Waals surface area contributed by atoms with E-state index in [0.717, 1.165) is 0 Å². The minimum atomic E-state index is -0.435. The summed E-state index contributed by atoms with van der Waals surface area (Å²) in [6.45, 7) is 0.402. The van der Waals surface area contributed by atoms with Gasteiger partial charge in [-0.05, 0) is 18.6 Å². The summed E-state index contributed by atoms with van der Waals surface area (Å²) in [5, 5.41) is 10.3. The van der Waals surface area contributed by atoms with E-state index in [9.17, 15) is 9.90 Å². The predicted molar refractivity (Wildman–Crippen MR) is 65.0 cm³/mol. The fourth-order valence-corrected chi connectivity index (χ4v) is 1.55. The number of ether oxygens (including phenoxy) is 1. The highest BCUT2D eigenvalue weighted by atomic mass is 35.5. The van der Waals surface area contributed by atoms with Crippen LogP contribution in [-0.2, 0) is 0 Å². The number of aromatic hydroxyl groups is 1. The van der Waals surface area contributed by atoms with Gasteiger partial charge in [-0.25, -0.2) is 4.79 Å². The van der Waals surface area contributed by atoms with Crippen molar-refractivity contribution in [2.75, 3.05) is 12.5 Å². The Morgan fingerprint density at radius 3 is 2.94 bits per heavy atom. The minimum absolute atomic E-state index is 0.0147. The van der Waals surface area contributed by atoms with Crippen molar-refractivity contribution < 1.29 is 14.3 Å². The van der Waals surface area contributed by atoms with E-state index in [-0.39, 0.29) is 11.5 Å². The Morgan fingerprint density at radius 2 is 2.18 bits per heavy atom. The van der Waals surface area contributed by atoms with Gasteiger partial charge in [0, 0.05) is 23.4 Å². The molecule has 0 saturated heterocycles.